The Hall–Kier alpha value is -1.34. The van der Waals surface area contributed by atoms with Gasteiger partial charge in [0.1, 0.15) is 5.41 Å². The number of rotatable bonds is 6. The third-order valence-electron chi connectivity index (χ3n) is 3.58. The molecular weight excluding hydrogens is 262 g/mol. The lowest BCUT2D eigenvalue weighted by Crippen LogP contribution is -2.53. The maximum atomic E-state index is 12.6. The van der Waals surface area contributed by atoms with E-state index in [1.807, 2.05) is 13.8 Å². The number of hydrogen-bond donors (Lipinski definition) is 2. The van der Waals surface area contributed by atoms with Gasteiger partial charge in [-0.05, 0) is 26.7 Å². The standard InChI is InChI=1S/C13H25N3O4/c1-10(2)20-9-6-16(3)12(17)13(11(14)15-18)4-7-19-8-5-13/h10,18H,4-9H2,1-3H3,(H2,14,15). The molecule has 0 aromatic rings. The van der Waals surface area contributed by atoms with Gasteiger partial charge in [0.25, 0.3) is 0 Å². The van der Waals surface area contributed by atoms with Gasteiger partial charge >= 0.3 is 0 Å². The van der Waals surface area contributed by atoms with Crippen molar-refractivity contribution in [2.45, 2.75) is 32.8 Å². The average Bonchev–Trinajstić information content (AvgIpc) is 2.45. The molecule has 1 saturated heterocycles. The first-order valence-electron chi connectivity index (χ1n) is 6.87. The summed E-state index contributed by atoms with van der Waals surface area (Å²) in [6.45, 7) is 5.67. The van der Waals surface area contributed by atoms with Crippen molar-refractivity contribution in [3.8, 4) is 0 Å². The van der Waals surface area contributed by atoms with Gasteiger partial charge in [0.05, 0.1) is 12.7 Å². The van der Waals surface area contributed by atoms with Crippen LogP contribution in [-0.4, -0.2) is 61.4 Å². The Kier molecular flexibility index (Phi) is 6.22. The molecule has 0 unspecified atom stereocenters. The summed E-state index contributed by atoms with van der Waals surface area (Å²) >= 11 is 0. The van der Waals surface area contributed by atoms with E-state index in [0.717, 1.165) is 0 Å². The minimum atomic E-state index is -0.959. The number of ether oxygens (including phenoxy) is 2. The Balaban J connectivity index is 2.73. The Morgan fingerprint density at radius 2 is 2.10 bits per heavy atom. The van der Waals surface area contributed by atoms with Gasteiger partial charge in [0.15, 0.2) is 5.84 Å². The fourth-order valence-electron chi connectivity index (χ4n) is 2.29. The summed E-state index contributed by atoms with van der Waals surface area (Å²) in [6, 6.07) is 0. The number of nitrogens with zero attached hydrogens (tertiary/aromatic N) is 2. The highest BCUT2D eigenvalue weighted by Gasteiger charge is 2.45. The van der Waals surface area contributed by atoms with E-state index in [4.69, 9.17) is 20.4 Å². The van der Waals surface area contributed by atoms with E-state index in [-0.39, 0.29) is 17.8 Å². The summed E-state index contributed by atoms with van der Waals surface area (Å²) in [5.74, 6) is -0.189. The molecule has 0 bridgehead atoms. The number of carbonyl (C=O) groups excluding carboxylic acids is 1. The second kappa shape index (κ2) is 7.44. The van der Waals surface area contributed by atoms with Gasteiger partial charge < -0.3 is 25.3 Å². The zero-order chi connectivity index (χ0) is 15.2. The van der Waals surface area contributed by atoms with Crippen molar-refractivity contribution in [3.05, 3.63) is 0 Å². The summed E-state index contributed by atoms with van der Waals surface area (Å²) in [6.07, 6.45) is 0.980. The number of hydrogen-bond acceptors (Lipinski definition) is 5. The topological polar surface area (TPSA) is 97.4 Å². The van der Waals surface area contributed by atoms with E-state index in [1.165, 1.54) is 0 Å². The molecule has 0 aromatic carbocycles. The van der Waals surface area contributed by atoms with E-state index in [9.17, 15) is 4.79 Å². The number of carbonyl (C=O) groups is 1. The molecular formula is C13H25N3O4. The maximum absolute atomic E-state index is 12.6. The molecule has 0 aliphatic carbocycles. The number of oxime groups is 1. The first-order valence-corrected chi connectivity index (χ1v) is 6.87. The van der Waals surface area contributed by atoms with Crippen molar-refractivity contribution in [1.82, 2.24) is 4.90 Å². The predicted octanol–water partition coefficient (Wildman–Crippen LogP) is 0.413. The highest BCUT2D eigenvalue weighted by molar-refractivity contribution is 6.06. The molecule has 0 aromatic heterocycles. The SMILES string of the molecule is CC(C)OCCN(C)C(=O)C1(C(N)=NO)CCOCC1. The molecule has 0 saturated carbocycles. The molecule has 1 fully saturated rings. The number of likely N-dealkylation sites (N-methyl/N-ethyl adjacent to an activating group) is 1. The normalized spacial score (nSPS) is 19.1. The number of nitrogens with two attached hydrogens (primary N) is 1. The van der Waals surface area contributed by atoms with Crippen molar-refractivity contribution >= 4 is 11.7 Å². The van der Waals surface area contributed by atoms with Gasteiger partial charge in [0.2, 0.25) is 5.91 Å². The quantitative estimate of drug-likeness (QED) is 0.319. The van der Waals surface area contributed by atoms with Gasteiger partial charge in [-0.3, -0.25) is 4.79 Å². The zero-order valence-corrected chi connectivity index (χ0v) is 12.5. The Bertz CT molecular complexity index is 352. The van der Waals surface area contributed by atoms with Crippen LogP contribution in [0.4, 0.5) is 0 Å². The van der Waals surface area contributed by atoms with Crippen molar-refractivity contribution in [2.75, 3.05) is 33.4 Å². The second-order valence-corrected chi connectivity index (χ2v) is 5.33. The van der Waals surface area contributed by atoms with Crippen molar-refractivity contribution in [3.63, 3.8) is 0 Å². The minimum Gasteiger partial charge on any atom is -0.409 e. The monoisotopic (exact) mass is 287 g/mol. The van der Waals surface area contributed by atoms with Gasteiger partial charge in [-0.25, -0.2) is 0 Å². The molecule has 20 heavy (non-hydrogen) atoms. The van der Waals surface area contributed by atoms with Crippen LogP contribution in [0.15, 0.2) is 5.16 Å². The first kappa shape index (κ1) is 16.7. The van der Waals surface area contributed by atoms with Crippen LogP contribution in [0, 0.1) is 5.41 Å². The lowest BCUT2D eigenvalue weighted by Gasteiger charge is -2.37. The Labute approximate surface area is 119 Å². The molecule has 1 amide bonds. The summed E-state index contributed by atoms with van der Waals surface area (Å²) in [5, 5.41) is 12.0. The van der Waals surface area contributed by atoms with Crippen LogP contribution in [0.1, 0.15) is 26.7 Å². The fourth-order valence-corrected chi connectivity index (χ4v) is 2.29. The third kappa shape index (κ3) is 3.83. The molecule has 7 nitrogen and oxygen atoms in total. The summed E-state index contributed by atoms with van der Waals surface area (Å²) in [4.78, 5) is 14.2. The zero-order valence-electron chi connectivity index (χ0n) is 12.5. The van der Waals surface area contributed by atoms with Crippen LogP contribution >= 0.6 is 0 Å². The highest BCUT2D eigenvalue weighted by Crippen LogP contribution is 2.32. The van der Waals surface area contributed by atoms with E-state index in [2.05, 4.69) is 5.16 Å². The van der Waals surface area contributed by atoms with Crippen LogP contribution in [0.3, 0.4) is 0 Å². The number of amides is 1. The maximum Gasteiger partial charge on any atom is 0.236 e. The van der Waals surface area contributed by atoms with Gasteiger partial charge in [-0.1, -0.05) is 5.16 Å². The molecule has 0 radical (unpaired) electrons. The van der Waals surface area contributed by atoms with Gasteiger partial charge in [-0.15, -0.1) is 0 Å². The van der Waals surface area contributed by atoms with Crippen molar-refractivity contribution in [1.29, 1.82) is 0 Å². The molecule has 1 rings (SSSR count). The highest BCUT2D eigenvalue weighted by atomic mass is 16.5. The molecule has 116 valence electrons. The van der Waals surface area contributed by atoms with E-state index >= 15 is 0 Å². The lowest BCUT2D eigenvalue weighted by atomic mass is 9.77. The van der Waals surface area contributed by atoms with E-state index < -0.39 is 5.41 Å². The fraction of sp³-hybridized carbons (Fsp3) is 0.846. The molecule has 3 N–H and O–H groups in total. The van der Waals surface area contributed by atoms with Gasteiger partial charge in [0, 0.05) is 26.8 Å². The average molecular weight is 287 g/mol. The second-order valence-electron chi connectivity index (χ2n) is 5.33. The molecule has 1 aliphatic rings. The predicted molar refractivity (Wildman–Crippen MR) is 74.6 cm³/mol. The van der Waals surface area contributed by atoms with Gasteiger partial charge in [-0.2, -0.15) is 0 Å². The lowest BCUT2D eigenvalue weighted by molar-refractivity contribution is -0.142. The van der Waals surface area contributed by atoms with E-state index in [0.29, 0.717) is 39.2 Å². The minimum absolute atomic E-state index is 0.0394. The number of amidine groups is 1. The van der Waals surface area contributed by atoms with Crippen LogP contribution in [0.25, 0.3) is 0 Å². The molecule has 1 heterocycles. The van der Waals surface area contributed by atoms with E-state index in [1.54, 1.807) is 11.9 Å². The molecule has 1 aliphatic heterocycles. The third-order valence-corrected chi connectivity index (χ3v) is 3.58. The molecule has 0 spiro atoms. The first-order chi connectivity index (χ1) is 9.44. The summed E-state index contributed by atoms with van der Waals surface area (Å²) < 4.78 is 10.7. The Morgan fingerprint density at radius 1 is 1.50 bits per heavy atom. The molecule has 0 atom stereocenters. The summed E-state index contributed by atoms with van der Waals surface area (Å²) in [7, 11) is 1.70. The van der Waals surface area contributed by atoms with Crippen molar-refractivity contribution < 1.29 is 19.5 Å². The smallest absolute Gasteiger partial charge is 0.236 e. The van der Waals surface area contributed by atoms with Crippen LogP contribution in [0.5, 0.6) is 0 Å². The Morgan fingerprint density at radius 3 is 2.60 bits per heavy atom. The van der Waals surface area contributed by atoms with Crippen LogP contribution < -0.4 is 5.73 Å². The largest absolute Gasteiger partial charge is 0.409 e. The van der Waals surface area contributed by atoms with Crippen LogP contribution in [0.2, 0.25) is 0 Å². The van der Waals surface area contributed by atoms with Crippen LogP contribution in [-0.2, 0) is 14.3 Å². The summed E-state index contributed by atoms with van der Waals surface area (Å²) in [5.41, 5.74) is 4.81. The van der Waals surface area contributed by atoms with Crippen molar-refractivity contribution in [2.24, 2.45) is 16.3 Å². The molecule has 7 heteroatoms.